The predicted octanol–water partition coefficient (Wildman–Crippen LogP) is 2.83. The predicted molar refractivity (Wildman–Crippen MR) is 125 cm³/mol. The van der Waals surface area contributed by atoms with E-state index in [0.717, 1.165) is 35.9 Å². The first-order valence-electron chi connectivity index (χ1n) is 10.5. The molecule has 1 N–H and O–H groups in total. The summed E-state index contributed by atoms with van der Waals surface area (Å²) in [7, 11) is -4.08. The van der Waals surface area contributed by atoms with Crippen LogP contribution >= 0.6 is 11.6 Å². The third-order valence-electron chi connectivity index (χ3n) is 4.77. The number of rotatable bonds is 10. The number of halogens is 4. The van der Waals surface area contributed by atoms with Gasteiger partial charge in [-0.25, -0.2) is 9.59 Å². The number of aliphatic hydroxyl groups excluding tert-OH is 1. The number of ether oxygens (including phenoxy) is 2. The molecule has 2 atom stereocenters. The summed E-state index contributed by atoms with van der Waals surface area (Å²) in [6.45, 7) is 0.151. The van der Waals surface area contributed by atoms with Gasteiger partial charge >= 0.3 is 17.9 Å². The van der Waals surface area contributed by atoms with Gasteiger partial charge in [-0.1, -0.05) is 11.6 Å². The maximum Gasteiger partial charge on any atom is 0.437 e. The van der Waals surface area contributed by atoms with Crippen LogP contribution in [0.4, 0.5) is 13.2 Å². The van der Waals surface area contributed by atoms with E-state index in [1.165, 1.54) is 18.2 Å². The summed E-state index contributed by atoms with van der Waals surface area (Å²) in [4.78, 5) is 24.5. The normalized spacial score (nSPS) is 13.7. The van der Waals surface area contributed by atoms with Gasteiger partial charge in [0.25, 0.3) is 10.1 Å². The number of carbonyl (C=O) groups excluding carboxylic acids is 1. The second-order valence-electron chi connectivity index (χ2n) is 7.85. The molecule has 1 heterocycles. The molecule has 0 spiro atoms. The van der Waals surface area contributed by atoms with Gasteiger partial charge < -0.3 is 19.0 Å². The first kappa shape index (κ1) is 29.2. The lowest BCUT2D eigenvalue weighted by Crippen LogP contribution is -2.38. The van der Waals surface area contributed by atoms with Crippen molar-refractivity contribution < 1.29 is 49.6 Å². The summed E-state index contributed by atoms with van der Waals surface area (Å²) >= 11 is 6.03. The first-order chi connectivity index (χ1) is 17.6. The molecule has 0 fully saturated rings. The highest BCUT2D eigenvalue weighted by Gasteiger charge is 2.31. The quantitative estimate of drug-likeness (QED) is 0.216. The molecule has 0 aliphatic rings. The highest BCUT2D eigenvalue weighted by molar-refractivity contribution is 7.86. The first-order valence-corrected chi connectivity index (χ1v) is 12.7. The zero-order chi connectivity index (χ0) is 28.3. The lowest BCUT2D eigenvalue weighted by atomic mass is 10.1. The number of aliphatic hydroxyl groups is 1. The minimum atomic E-state index is -4.53. The summed E-state index contributed by atoms with van der Waals surface area (Å²) < 4.78 is 81.7. The molecule has 2 aromatic carbocycles. The topological polar surface area (TPSA) is 147 Å². The fourth-order valence-corrected chi connectivity index (χ4v) is 3.85. The third-order valence-corrected chi connectivity index (χ3v) is 5.56. The van der Waals surface area contributed by atoms with E-state index in [1.807, 2.05) is 0 Å². The van der Waals surface area contributed by atoms with Crippen LogP contribution in [-0.2, 0) is 36.6 Å². The average Bonchev–Trinajstić information content (AvgIpc) is 3.17. The van der Waals surface area contributed by atoms with E-state index in [1.54, 1.807) is 0 Å². The number of hydrogen-bond donors (Lipinski definition) is 1. The zero-order valence-corrected chi connectivity index (χ0v) is 21.2. The van der Waals surface area contributed by atoms with Crippen molar-refractivity contribution in [2.75, 3.05) is 13.0 Å². The fourth-order valence-electron chi connectivity index (χ4n) is 3.04. The summed E-state index contributed by atoms with van der Waals surface area (Å²) in [5, 5.41) is 13.9. The molecule has 0 aliphatic heterocycles. The molecule has 0 saturated carbocycles. The van der Waals surface area contributed by atoms with E-state index < -0.39 is 52.6 Å². The van der Waals surface area contributed by atoms with Crippen molar-refractivity contribution in [3.05, 3.63) is 69.2 Å². The van der Waals surface area contributed by atoms with Gasteiger partial charge in [0.15, 0.2) is 6.10 Å². The molecule has 3 rings (SSSR count). The van der Waals surface area contributed by atoms with Gasteiger partial charge in [-0.05, 0) is 49.4 Å². The Hall–Kier alpha value is -3.40. The zero-order valence-electron chi connectivity index (χ0n) is 19.6. The molecule has 0 saturated heterocycles. The van der Waals surface area contributed by atoms with Gasteiger partial charge in [0.1, 0.15) is 5.75 Å². The van der Waals surface area contributed by atoms with Crippen molar-refractivity contribution >= 4 is 27.7 Å². The number of hydrogen-bond acceptors (Lipinski definition) is 10. The molecule has 0 aliphatic carbocycles. The van der Waals surface area contributed by atoms with Crippen LogP contribution in [0.25, 0.3) is 11.5 Å². The Morgan fingerprint density at radius 2 is 1.87 bits per heavy atom. The van der Waals surface area contributed by atoms with Crippen molar-refractivity contribution in [3.63, 3.8) is 0 Å². The Morgan fingerprint density at radius 1 is 1.21 bits per heavy atom. The second-order valence-corrected chi connectivity index (χ2v) is 9.88. The van der Waals surface area contributed by atoms with Crippen LogP contribution in [0.1, 0.15) is 18.1 Å². The minimum Gasteiger partial charge on any atom is -0.457 e. The highest BCUT2D eigenvalue weighted by atomic mass is 35.5. The Labute approximate surface area is 218 Å². The van der Waals surface area contributed by atoms with Crippen molar-refractivity contribution in [3.8, 4) is 17.2 Å². The molecule has 16 heteroatoms. The number of esters is 1. The third kappa shape index (κ3) is 7.80. The van der Waals surface area contributed by atoms with Crippen LogP contribution in [-0.4, -0.2) is 54.5 Å². The maximum absolute atomic E-state index is 12.8. The molecule has 0 bridgehead atoms. The van der Waals surface area contributed by atoms with Crippen molar-refractivity contribution in [2.45, 2.75) is 31.9 Å². The fraction of sp³-hybridized carbons (Fsp3) is 0.318. The van der Waals surface area contributed by atoms with E-state index in [4.69, 9.17) is 25.5 Å². The molecular formula is C22H20ClF3N2O9S. The molecule has 11 nitrogen and oxygen atoms in total. The average molecular weight is 581 g/mol. The Morgan fingerprint density at radius 3 is 2.45 bits per heavy atom. The lowest BCUT2D eigenvalue weighted by Gasteiger charge is -2.18. The van der Waals surface area contributed by atoms with Crippen LogP contribution in [0.3, 0.4) is 0 Å². The summed E-state index contributed by atoms with van der Waals surface area (Å²) in [6, 6.07) is 8.11. The number of nitrogens with zero attached hydrogens (tertiary/aromatic N) is 2. The number of benzene rings is 2. The van der Waals surface area contributed by atoms with Crippen molar-refractivity contribution in [2.24, 2.45) is 0 Å². The van der Waals surface area contributed by atoms with Gasteiger partial charge in [0, 0.05) is 16.1 Å². The SMILES string of the molecule is CC(O)C(OS(C)(=O)=O)C(=O)OCOc1ccc(Cl)cc1Cn1nc(-c2ccc(C(F)(F)F)cc2)oc1=O. The van der Waals surface area contributed by atoms with Gasteiger partial charge in [-0.3, -0.25) is 4.18 Å². The number of alkyl halides is 3. The van der Waals surface area contributed by atoms with Crippen LogP contribution in [0.2, 0.25) is 5.02 Å². The van der Waals surface area contributed by atoms with Crippen molar-refractivity contribution in [1.29, 1.82) is 0 Å². The van der Waals surface area contributed by atoms with Crippen molar-refractivity contribution in [1.82, 2.24) is 9.78 Å². The molecule has 0 radical (unpaired) electrons. The van der Waals surface area contributed by atoms with Gasteiger partial charge in [-0.15, -0.1) is 5.10 Å². The Balaban J connectivity index is 1.74. The van der Waals surface area contributed by atoms with Crippen LogP contribution in [0, 0.1) is 0 Å². The van der Waals surface area contributed by atoms with Crippen LogP contribution in [0.15, 0.2) is 51.7 Å². The molecule has 0 amide bonds. The monoisotopic (exact) mass is 580 g/mol. The van der Waals surface area contributed by atoms with E-state index in [0.29, 0.717) is 6.26 Å². The Bertz CT molecular complexity index is 1450. The van der Waals surface area contributed by atoms with E-state index in [9.17, 15) is 36.3 Å². The summed E-state index contributed by atoms with van der Waals surface area (Å²) in [5.41, 5.74) is -0.471. The largest absolute Gasteiger partial charge is 0.457 e. The molecule has 3 aromatic rings. The molecule has 38 heavy (non-hydrogen) atoms. The van der Waals surface area contributed by atoms with E-state index in [2.05, 4.69) is 9.28 Å². The van der Waals surface area contributed by atoms with Gasteiger partial charge in [0.05, 0.1) is 24.5 Å². The smallest absolute Gasteiger partial charge is 0.437 e. The van der Waals surface area contributed by atoms with Crippen LogP contribution in [0.5, 0.6) is 5.75 Å². The Kier molecular flexibility index (Phi) is 8.86. The minimum absolute atomic E-state index is 0.0887. The highest BCUT2D eigenvalue weighted by Crippen LogP contribution is 2.30. The molecule has 1 aromatic heterocycles. The number of aromatic nitrogens is 2. The number of carbonyl (C=O) groups is 1. The molecule has 2 unspecified atom stereocenters. The summed E-state index contributed by atoms with van der Waals surface area (Å²) in [5.74, 6) is -2.27. The van der Waals surface area contributed by atoms with E-state index >= 15 is 0 Å². The standard InChI is InChI=1S/C22H20ClF3N2O9S/c1-12(29)18(37-38(2,32)33)20(30)35-11-34-17-8-7-16(23)9-14(17)10-28-21(31)36-19(27-28)13-3-5-15(6-4-13)22(24,25)26/h3-9,12,18,29H,10-11H2,1-2H3. The van der Waals surface area contributed by atoms with E-state index in [-0.39, 0.29) is 34.3 Å². The molecule has 206 valence electrons. The second kappa shape index (κ2) is 11.6. The maximum atomic E-state index is 12.8. The summed E-state index contributed by atoms with van der Waals surface area (Å²) in [6.07, 6.45) is -7.17. The van der Waals surface area contributed by atoms with Crippen LogP contribution < -0.4 is 10.5 Å². The lowest BCUT2D eigenvalue weighted by molar-refractivity contribution is -0.163. The van der Waals surface area contributed by atoms with Gasteiger partial charge in [0.2, 0.25) is 12.7 Å². The van der Waals surface area contributed by atoms with Gasteiger partial charge in [-0.2, -0.15) is 26.3 Å². The molecular weight excluding hydrogens is 561 g/mol.